The molecule has 1 aromatic heterocycles. The van der Waals surface area contributed by atoms with Crippen molar-refractivity contribution in [1.29, 1.82) is 0 Å². The summed E-state index contributed by atoms with van der Waals surface area (Å²) >= 11 is 1.67. The SMILES string of the molecule is CCCc1ccc(-c2csc(-c3ccc(N)cc3)n2)cc1. The number of aromatic nitrogens is 1. The Morgan fingerprint density at radius 3 is 2.29 bits per heavy atom. The molecule has 0 saturated carbocycles. The highest BCUT2D eigenvalue weighted by Crippen LogP contribution is 2.29. The molecule has 3 aromatic rings. The van der Waals surface area contributed by atoms with Gasteiger partial charge in [0.05, 0.1) is 5.69 Å². The van der Waals surface area contributed by atoms with Crippen LogP contribution in [0.4, 0.5) is 5.69 Å². The van der Waals surface area contributed by atoms with Crippen LogP contribution in [0.1, 0.15) is 18.9 Å². The second-order valence-electron chi connectivity index (χ2n) is 5.11. The Labute approximate surface area is 129 Å². The molecule has 2 N–H and O–H groups in total. The van der Waals surface area contributed by atoms with Crippen molar-refractivity contribution >= 4 is 17.0 Å². The molecule has 0 aliphatic rings. The lowest BCUT2D eigenvalue weighted by Gasteiger charge is -2.01. The van der Waals surface area contributed by atoms with Crippen LogP contribution in [0.5, 0.6) is 0 Å². The van der Waals surface area contributed by atoms with E-state index in [-0.39, 0.29) is 0 Å². The number of rotatable bonds is 4. The maximum atomic E-state index is 5.72. The third kappa shape index (κ3) is 3.14. The molecule has 106 valence electrons. The Balaban J connectivity index is 1.85. The summed E-state index contributed by atoms with van der Waals surface area (Å²) < 4.78 is 0. The summed E-state index contributed by atoms with van der Waals surface area (Å²) in [4.78, 5) is 4.73. The predicted molar refractivity (Wildman–Crippen MR) is 91.4 cm³/mol. The van der Waals surface area contributed by atoms with Crippen molar-refractivity contribution in [2.75, 3.05) is 5.73 Å². The minimum Gasteiger partial charge on any atom is -0.399 e. The topological polar surface area (TPSA) is 38.9 Å². The molecule has 1 heterocycles. The minimum absolute atomic E-state index is 0.780. The van der Waals surface area contributed by atoms with Gasteiger partial charge in [0.2, 0.25) is 0 Å². The molecule has 2 aromatic carbocycles. The van der Waals surface area contributed by atoms with Gasteiger partial charge in [0, 0.05) is 22.2 Å². The fraction of sp³-hybridized carbons (Fsp3) is 0.167. The second kappa shape index (κ2) is 6.10. The Bertz CT molecular complexity index is 712. The van der Waals surface area contributed by atoms with Crippen molar-refractivity contribution in [3.05, 3.63) is 59.5 Å². The molecule has 21 heavy (non-hydrogen) atoms. The van der Waals surface area contributed by atoms with Crippen molar-refractivity contribution in [3.8, 4) is 21.8 Å². The van der Waals surface area contributed by atoms with Gasteiger partial charge in [-0.15, -0.1) is 11.3 Å². The third-order valence-corrected chi connectivity index (χ3v) is 4.34. The van der Waals surface area contributed by atoms with E-state index < -0.39 is 0 Å². The summed E-state index contributed by atoms with van der Waals surface area (Å²) in [6, 6.07) is 16.6. The zero-order valence-electron chi connectivity index (χ0n) is 12.0. The average Bonchev–Trinajstić information content (AvgIpc) is 2.99. The summed E-state index contributed by atoms with van der Waals surface area (Å²) in [5, 5.41) is 3.14. The van der Waals surface area contributed by atoms with E-state index in [0.717, 1.165) is 28.4 Å². The van der Waals surface area contributed by atoms with Crippen LogP contribution in [0.2, 0.25) is 0 Å². The van der Waals surface area contributed by atoms with Gasteiger partial charge >= 0.3 is 0 Å². The summed E-state index contributed by atoms with van der Waals surface area (Å²) in [7, 11) is 0. The number of thiazole rings is 1. The van der Waals surface area contributed by atoms with Crippen LogP contribution in [-0.2, 0) is 6.42 Å². The van der Waals surface area contributed by atoms with Gasteiger partial charge in [-0.3, -0.25) is 0 Å². The molecular weight excluding hydrogens is 276 g/mol. The summed E-state index contributed by atoms with van der Waals surface area (Å²) in [6.07, 6.45) is 2.31. The molecule has 2 nitrogen and oxygen atoms in total. The number of nitrogen functional groups attached to an aromatic ring is 1. The molecule has 0 aliphatic heterocycles. The highest BCUT2D eigenvalue weighted by Gasteiger charge is 2.06. The van der Waals surface area contributed by atoms with Gasteiger partial charge in [0.1, 0.15) is 5.01 Å². The summed E-state index contributed by atoms with van der Waals surface area (Å²) in [5.41, 5.74) is 11.2. The lowest BCUT2D eigenvalue weighted by Crippen LogP contribution is -1.85. The van der Waals surface area contributed by atoms with Gasteiger partial charge in [-0.2, -0.15) is 0 Å². The molecule has 0 saturated heterocycles. The fourth-order valence-corrected chi connectivity index (χ4v) is 3.13. The minimum atomic E-state index is 0.780. The summed E-state index contributed by atoms with van der Waals surface area (Å²) in [6.45, 7) is 2.20. The summed E-state index contributed by atoms with van der Waals surface area (Å²) in [5.74, 6) is 0. The Morgan fingerprint density at radius 2 is 1.62 bits per heavy atom. The number of hydrogen-bond acceptors (Lipinski definition) is 3. The molecule has 3 rings (SSSR count). The predicted octanol–water partition coefficient (Wildman–Crippen LogP) is 5.01. The molecule has 3 heteroatoms. The van der Waals surface area contributed by atoms with E-state index in [1.807, 2.05) is 24.3 Å². The Hall–Kier alpha value is -2.13. The maximum absolute atomic E-state index is 5.72. The van der Waals surface area contributed by atoms with Crippen LogP contribution in [0, 0.1) is 0 Å². The van der Waals surface area contributed by atoms with Crippen LogP contribution in [0.25, 0.3) is 21.8 Å². The van der Waals surface area contributed by atoms with Crippen molar-refractivity contribution in [2.24, 2.45) is 0 Å². The largest absolute Gasteiger partial charge is 0.399 e. The monoisotopic (exact) mass is 294 g/mol. The number of hydrogen-bond donors (Lipinski definition) is 1. The first-order chi connectivity index (χ1) is 10.3. The van der Waals surface area contributed by atoms with E-state index in [2.05, 4.69) is 36.6 Å². The number of nitrogens with two attached hydrogens (primary N) is 1. The van der Waals surface area contributed by atoms with Gasteiger partial charge in [0.25, 0.3) is 0 Å². The molecule has 0 radical (unpaired) electrons. The van der Waals surface area contributed by atoms with E-state index >= 15 is 0 Å². The van der Waals surface area contributed by atoms with Crippen LogP contribution in [0.15, 0.2) is 53.9 Å². The zero-order chi connectivity index (χ0) is 14.7. The van der Waals surface area contributed by atoms with Gasteiger partial charge in [-0.1, -0.05) is 37.6 Å². The normalized spacial score (nSPS) is 10.7. The molecule has 0 aliphatic carbocycles. The van der Waals surface area contributed by atoms with Crippen molar-refractivity contribution in [3.63, 3.8) is 0 Å². The Kier molecular flexibility index (Phi) is 4.02. The van der Waals surface area contributed by atoms with Crippen LogP contribution in [-0.4, -0.2) is 4.98 Å². The molecule has 0 bridgehead atoms. The number of aryl methyl sites for hydroxylation is 1. The lowest BCUT2D eigenvalue weighted by molar-refractivity contribution is 0.922. The van der Waals surface area contributed by atoms with E-state index in [0.29, 0.717) is 0 Å². The highest BCUT2D eigenvalue weighted by molar-refractivity contribution is 7.13. The lowest BCUT2D eigenvalue weighted by atomic mass is 10.1. The first-order valence-electron chi connectivity index (χ1n) is 7.17. The van der Waals surface area contributed by atoms with Crippen LogP contribution >= 0.6 is 11.3 Å². The smallest absolute Gasteiger partial charge is 0.124 e. The van der Waals surface area contributed by atoms with E-state index in [1.54, 1.807) is 11.3 Å². The third-order valence-electron chi connectivity index (χ3n) is 3.45. The molecule has 0 unspecified atom stereocenters. The molecule has 0 spiro atoms. The quantitative estimate of drug-likeness (QED) is 0.687. The zero-order valence-corrected chi connectivity index (χ0v) is 12.9. The standard InChI is InChI=1S/C18H18N2S/c1-2-3-13-4-6-14(7-5-13)17-12-21-18(20-17)15-8-10-16(19)11-9-15/h4-12H,2-3,19H2,1H3. The van der Waals surface area contributed by atoms with E-state index in [1.165, 1.54) is 17.5 Å². The van der Waals surface area contributed by atoms with Gasteiger partial charge in [-0.25, -0.2) is 4.98 Å². The number of anilines is 1. The maximum Gasteiger partial charge on any atom is 0.124 e. The number of benzene rings is 2. The van der Waals surface area contributed by atoms with E-state index in [4.69, 9.17) is 10.7 Å². The van der Waals surface area contributed by atoms with Crippen LogP contribution in [0.3, 0.4) is 0 Å². The molecule has 0 fully saturated rings. The second-order valence-corrected chi connectivity index (χ2v) is 5.96. The van der Waals surface area contributed by atoms with Gasteiger partial charge in [0.15, 0.2) is 0 Å². The molecular formula is C18H18N2S. The first kappa shape index (κ1) is 13.8. The molecule has 0 atom stereocenters. The van der Waals surface area contributed by atoms with Crippen LogP contribution < -0.4 is 5.73 Å². The Morgan fingerprint density at radius 1 is 0.952 bits per heavy atom. The average molecular weight is 294 g/mol. The van der Waals surface area contributed by atoms with Crippen molar-refractivity contribution < 1.29 is 0 Å². The number of nitrogens with zero attached hydrogens (tertiary/aromatic N) is 1. The first-order valence-corrected chi connectivity index (χ1v) is 8.05. The van der Waals surface area contributed by atoms with E-state index in [9.17, 15) is 0 Å². The van der Waals surface area contributed by atoms with Gasteiger partial charge < -0.3 is 5.73 Å². The molecule has 0 amide bonds. The fourth-order valence-electron chi connectivity index (χ4n) is 2.30. The van der Waals surface area contributed by atoms with Crippen molar-refractivity contribution in [2.45, 2.75) is 19.8 Å². The van der Waals surface area contributed by atoms with Gasteiger partial charge in [-0.05, 0) is 36.2 Å². The highest BCUT2D eigenvalue weighted by atomic mass is 32.1. The van der Waals surface area contributed by atoms with Crippen molar-refractivity contribution in [1.82, 2.24) is 4.98 Å².